The fraction of sp³-hybridized carbons (Fsp3) is 0.423. The van der Waals surface area contributed by atoms with Crippen LogP contribution >= 0.6 is 0 Å². The lowest BCUT2D eigenvalue weighted by atomic mass is 9.98. The zero-order valence-electron chi connectivity index (χ0n) is 19.4. The number of amides is 2. The van der Waals surface area contributed by atoms with Gasteiger partial charge in [0.25, 0.3) is 0 Å². The maximum absolute atomic E-state index is 12.9. The minimum Gasteiger partial charge on any atom is -0.479 e. The molecule has 0 heterocycles. The predicted octanol–water partition coefficient (Wildman–Crippen LogP) is 3.30. The van der Waals surface area contributed by atoms with E-state index in [1.165, 1.54) is 14.0 Å². The zero-order chi connectivity index (χ0) is 24.3. The number of benzene rings is 2. The fourth-order valence-electron chi connectivity index (χ4n) is 4.50. The van der Waals surface area contributed by atoms with Crippen LogP contribution in [0.15, 0.2) is 48.5 Å². The minimum absolute atomic E-state index is 0.0918. The van der Waals surface area contributed by atoms with Gasteiger partial charge in [0.1, 0.15) is 12.6 Å². The Labute approximate surface area is 198 Å². The molecule has 3 N–H and O–H groups in total. The molecule has 0 bridgehead atoms. The third-order valence-electron chi connectivity index (χ3n) is 6.52. The number of aliphatic carboxylic acids is 1. The number of methoxy groups -OCH3 is 1. The zero-order valence-corrected chi connectivity index (χ0v) is 19.4. The summed E-state index contributed by atoms with van der Waals surface area (Å²) >= 11 is 0. The molecule has 2 aromatic rings. The topological polar surface area (TPSA) is 114 Å². The number of rotatable bonds is 10. The largest absolute Gasteiger partial charge is 0.479 e. The Bertz CT molecular complexity index is 1040. The van der Waals surface area contributed by atoms with Crippen LogP contribution in [0, 0.1) is 5.92 Å². The molecule has 0 spiro atoms. The van der Waals surface area contributed by atoms with Crippen molar-refractivity contribution in [2.75, 3.05) is 20.3 Å². The molecule has 2 aliphatic rings. The van der Waals surface area contributed by atoms with Crippen LogP contribution in [0.2, 0.25) is 0 Å². The molecule has 1 unspecified atom stereocenters. The molecule has 34 heavy (non-hydrogen) atoms. The average Bonchev–Trinajstić information content (AvgIpc) is 3.58. The average molecular weight is 467 g/mol. The standard InChI is InChI=1S/C26H30N2O6/c1-26(15-33-2,24(30)31)28-23(29)22(13-16-11-12-16)27-25(32)34-14-21-19-9-5-3-7-17(19)18-8-4-6-10-20(18)21/h3-10,16,21-22H,11-15H2,1-2H3,(H,27,32)(H,28,29)(H,30,31)/t22-,26?/m0/s1. The van der Waals surface area contributed by atoms with Gasteiger partial charge in [0.15, 0.2) is 5.54 Å². The van der Waals surface area contributed by atoms with Gasteiger partial charge in [-0.2, -0.15) is 0 Å². The maximum atomic E-state index is 12.9. The van der Waals surface area contributed by atoms with Crippen molar-refractivity contribution in [3.63, 3.8) is 0 Å². The van der Waals surface area contributed by atoms with Crippen LogP contribution in [0.3, 0.4) is 0 Å². The van der Waals surface area contributed by atoms with Gasteiger partial charge in [0.05, 0.1) is 6.61 Å². The van der Waals surface area contributed by atoms with Gasteiger partial charge in [-0.15, -0.1) is 0 Å². The summed E-state index contributed by atoms with van der Waals surface area (Å²) in [6.45, 7) is 1.31. The number of carboxylic acids is 1. The highest BCUT2D eigenvalue weighted by Crippen LogP contribution is 2.44. The minimum atomic E-state index is -1.60. The lowest BCUT2D eigenvalue weighted by Crippen LogP contribution is -2.60. The second-order valence-corrected chi connectivity index (χ2v) is 9.26. The lowest BCUT2D eigenvalue weighted by molar-refractivity contribution is -0.149. The summed E-state index contributed by atoms with van der Waals surface area (Å²) in [6, 6.07) is 15.2. The van der Waals surface area contributed by atoms with E-state index >= 15 is 0 Å². The van der Waals surface area contributed by atoms with Crippen molar-refractivity contribution >= 4 is 18.0 Å². The quantitative estimate of drug-likeness (QED) is 0.495. The molecule has 2 amide bonds. The second-order valence-electron chi connectivity index (χ2n) is 9.26. The van der Waals surface area contributed by atoms with Gasteiger partial charge >= 0.3 is 12.1 Å². The Morgan fingerprint density at radius 3 is 2.18 bits per heavy atom. The SMILES string of the molecule is COCC(C)(NC(=O)[C@H](CC1CC1)NC(=O)OCC1c2ccccc2-c2ccccc21)C(=O)O. The number of carbonyl (C=O) groups is 3. The van der Waals surface area contributed by atoms with Gasteiger partial charge in [0.2, 0.25) is 5.91 Å². The van der Waals surface area contributed by atoms with Gasteiger partial charge < -0.3 is 25.2 Å². The smallest absolute Gasteiger partial charge is 0.407 e. The molecule has 0 aromatic heterocycles. The number of hydrogen-bond donors (Lipinski definition) is 3. The molecule has 1 saturated carbocycles. The van der Waals surface area contributed by atoms with Crippen molar-refractivity contribution in [3.05, 3.63) is 59.7 Å². The molecule has 8 heteroatoms. The highest BCUT2D eigenvalue weighted by molar-refractivity contribution is 5.91. The van der Waals surface area contributed by atoms with Crippen LogP contribution in [-0.2, 0) is 19.1 Å². The van der Waals surface area contributed by atoms with Crippen molar-refractivity contribution in [2.24, 2.45) is 5.92 Å². The van der Waals surface area contributed by atoms with E-state index in [0.717, 1.165) is 35.1 Å². The number of carboxylic acid groups (broad SMARTS) is 1. The number of alkyl carbamates (subject to hydrolysis) is 1. The highest BCUT2D eigenvalue weighted by atomic mass is 16.5. The molecule has 2 aliphatic carbocycles. The van der Waals surface area contributed by atoms with Gasteiger partial charge in [0, 0.05) is 13.0 Å². The fourth-order valence-corrected chi connectivity index (χ4v) is 4.50. The van der Waals surface area contributed by atoms with Crippen molar-refractivity contribution < 1.29 is 29.0 Å². The van der Waals surface area contributed by atoms with Crippen molar-refractivity contribution in [3.8, 4) is 11.1 Å². The Morgan fingerprint density at radius 1 is 1.06 bits per heavy atom. The van der Waals surface area contributed by atoms with Crippen molar-refractivity contribution in [1.29, 1.82) is 0 Å². The molecule has 8 nitrogen and oxygen atoms in total. The highest BCUT2D eigenvalue weighted by Gasteiger charge is 2.39. The van der Waals surface area contributed by atoms with E-state index in [1.807, 2.05) is 36.4 Å². The molecular formula is C26H30N2O6. The Morgan fingerprint density at radius 2 is 1.65 bits per heavy atom. The Kier molecular flexibility index (Phi) is 6.88. The monoisotopic (exact) mass is 466 g/mol. The molecule has 2 atom stereocenters. The summed E-state index contributed by atoms with van der Waals surface area (Å²) in [5, 5.41) is 14.7. The summed E-state index contributed by atoms with van der Waals surface area (Å²) < 4.78 is 10.5. The predicted molar refractivity (Wildman–Crippen MR) is 125 cm³/mol. The van der Waals surface area contributed by atoms with E-state index in [9.17, 15) is 19.5 Å². The van der Waals surface area contributed by atoms with Crippen LogP contribution < -0.4 is 10.6 Å². The summed E-state index contributed by atoms with van der Waals surface area (Å²) in [5.74, 6) is -1.55. The van der Waals surface area contributed by atoms with E-state index in [0.29, 0.717) is 12.3 Å². The number of ether oxygens (including phenoxy) is 2. The van der Waals surface area contributed by atoms with E-state index in [4.69, 9.17) is 9.47 Å². The third-order valence-corrected chi connectivity index (χ3v) is 6.52. The van der Waals surface area contributed by atoms with Crippen LogP contribution in [0.25, 0.3) is 11.1 Å². The van der Waals surface area contributed by atoms with Gasteiger partial charge in [-0.25, -0.2) is 9.59 Å². The number of hydrogen-bond acceptors (Lipinski definition) is 5. The van der Waals surface area contributed by atoms with Crippen LogP contribution in [0.4, 0.5) is 4.79 Å². The molecular weight excluding hydrogens is 436 g/mol. The molecule has 2 aromatic carbocycles. The van der Waals surface area contributed by atoms with E-state index in [2.05, 4.69) is 22.8 Å². The summed E-state index contributed by atoms with van der Waals surface area (Å²) in [5.41, 5.74) is 2.85. The van der Waals surface area contributed by atoms with Crippen LogP contribution in [0.1, 0.15) is 43.2 Å². The first-order valence-corrected chi connectivity index (χ1v) is 11.5. The molecule has 1 fully saturated rings. The number of nitrogens with one attached hydrogen (secondary N) is 2. The first-order valence-electron chi connectivity index (χ1n) is 11.5. The lowest BCUT2D eigenvalue weighted by Gasteiger charge is -2.28. The molecule has 180 valence electrons. The number of carbonyl (C=O) groups excluding carboxylic acids is 2. The second kappa shape index (κ2) is 9.85. The first-order chi connectivity index (χ1) is 16.3. The van der Waals surface area contributed by atoms with E-state index in [1.54, 1.807) is 0 Å². The van der Waals surface area contributed by atoms with E-state index < -0.39 is 29.6 Å². The van der Waals surface area contributed by atoms with Crippen molar-refractivity contribution in [1.82, 2.24) is 10.6 Å². The number of fused-ring (bicyclic) bond motifs is 3. The van der Waals surface area contributed by atoms with Gasteiger partial charge in [-0.3, -0.25) is 4.79 Å². The Hall–Kier alpha value is -3.39. The third kappa shape index (κ3) is 5.07. The maximum Gasteiger partial charge on any atom is 0.407 e. The van der Waals surface area contributed by atoms with Crippen LogP contribution in [0.5, 0.6) is 0 Å². The normalized spacial score (nSPS) is 17.1. The first kappa shape index (κ1) is 23.8. The Balaban J connectivity index is 1.42. The molecule has 0 radical (unpaired) electrons. The van der Waals surface area contributed by atoms with Gasteiger partial charge in [-0.1, -0.05) is 61.4 Å². The van der Waals surface area contributed by atoms with Gasteiger partial charge in [-0.05, 0) is 41.5 Å². The molecule has 4 rings (SSSR count). The van der Waals surface area contributed by atoms with E-state index in [-0.39, 0.29) is 19.1 Å². The van der Waals surface area contributed by atoms with Crippen LogP contribution in [-0.4, -0.2) is 55.0 Å². The molecule has 0 aliphatic heterocycles. The van der Waals surface area contributed by atoms with Crippen molar-refractivity contribution in [2.45, 2.75) is 43.7 Å². The summed E-state index contributed by atoms with van der Waals surface area (Å²) in [6.07, 6.45) is 1.68. The summed E-state index contributed by atoms with van der Waals surface area (Å²) in [4.78, 5) is 37.3. The summed E-state index contributed by atoms with van der Waals surface area (Å²) in [7, 11) is 1.37. The molecule has 0 saturated heterocycles.